The lowest BCUT2D eigenvalue weighted by molar-refractivity contribution is 0.304. The summed E-state index contributed by atoms with van der Waals surface area (Å²) in [6.07, 6.45) is 1.81. The second kappa shape index (κ2) is 9.33. The average molecular weight is 466 g/mol. The molecule has 0 radical (unpaired) electrons. The van der Waals surface area contributed by atoms with Crippen LogP contribution in [0.15, 0.2) is 62.6 Å². The lowest BCUT2D eigenvalue weighted by atomic mass is 9.98. The summed E-state index contributed by atoms with van der Waals surface area (Å²) in [5.74, 6) is -0.240. The number of hydrogen-bond donors (Lipinski definition) is 3. The molecule has 8 heteroatoms. The Labute approximate surface area is 196 Å². The van der Waals surface area contributed by atoms with Gasteiger partial charge in [0.1, 0.15) is 22.7 Å². The maximum atomic E-state index is 13.7. The SMILES string of the molecule is CCC(CC)Cn1c(C)c(-c2ccccc2)c(O)c(C2=NSc3cccc(O)c3N2O)c1=O. The molecule has 172 valence electrons. The van der Waals surface area contributed by atoms with Crippen molar-refractivity contribution in [3.05, 3.63) is 70.1 Å². The molecular weight excluding hydrogens is 438 g/mol. The van der Waals surface area contributed by atoms with E-state index in [0.29, 0.717) is 27.8 Å². The Hall–Kier alpha value is -3.23. The van der Waals surface area contributed by atoms with Crippen molar-refractivity contribution >= 4 is 23.5 Å². The molecule has 0 saturated carbocycles. The number of amidine groups is 1. The zero-order valence-corrected chi connectivity index (χ0v) is 19.6. The summed E-state index contributed by atoms with van der Waals surface area (Å²) in [7, 11) is 0. The van der Waals surface area contributed by atoms with Gasteiger partial charge in [-0.2, -0.15) is 9.46 Å². The van der Waals surface area contributed by atoms with E-state index in [1.54, 1.807) is 16.7 Å². The first-order chi connectivity index (χ1) is 15.9. The van der Waals surface area contributed by atoms with Gasteiger partial charge >= 0.3 is 0 Å². The predicted molar refractivity (Wildman–Crippen MR) is 131 cm³/mol. The Bertz CT molecular complexity index is 1270. The first kappa shape index (κ1) is 22.9. The fourth-order valence-corrected chi connectivity index (χ4v) is 4.95. The number of nitrogens with zero attached hydrogens (tertiary/aromatic N) is 3. The molecule has 0 aliphatic carbocycles. The molecule has 1 aliphatic heterocycles. The third kappa shape index (κ3) is 4.00. The Morgan fingerprint density at radius 2 is 1.70 bits per heavy atom. The number of phenolic OH excluding ortho intramolecular Hbond substituents is 1. The van der Waals surface area contributed by atoms with E-state index in [1.807, 2.05) is 37.3 Å². The summed E-state index contributed by atoms with van der Waals surface area (Å²) in [6.45, 7) is 6.49. The van der Waals surface area contributed by atoms with Crippen LogP contribution in [-0.4, -0.2) is 25.8 Å². The summed E-state index contributed by atoms with van der Waals surface area (Å²) in [6, 6.07) is 14.2. The van der Waals surface area contributed by atoms with Crippen LogP contribution in [-0.2, 0) is 6.54 Å². The van der Waals surface area contributed by atoms with Gasteiger partial charge in [0.05, 0.1) is 4.90 Å². The van der Waals surface area contributed by atoms with Crippen LogP contribution in [0.3, 0.4) is 0 Å². The second-order valence-corrected chi connectivity index (χ2v) is 8.90. The summed E-state index contributed by atoms with van der Waals surface area (Å²) in [5.41, 5.74) is 1.50. The van der Waals surface area contributed by atoms with Gasteiger partial charge in [0.15, 0.2) is 5.84 Å². The molecule has 0 unspecified atom stereocenters. The molecule has 1 aromatic heterocycles. The number of hydroxylamine groups is 1. The van der Waals surface area contributed by atoms with E-state index in [-0.39, 0.29) is 34.5 Å². The molecular formula is C25H27N3O4S. The molecule has 7 nitrogen and oxygen atoms in total. The standard InChI is InChI=1S/C25H27N3O4S/c1-4-16(5-2)14-27-15(3)20(17-10-7-6-8-11-17)23(30)21(25(27)31)24-26-33-19-13-9-12-18(29)22(19)28(24)32/h6-13,16,29-30,32H,4-5,14H2,1-3H3. The molecule has 0 saturated heterocycles. The number of pyridine rings is 1. The van der Waals surface area contributed by atoms with Crippen molar-refractivity contribution in [2.45, 2.75) is 45.1 Å². The van der Waals surface area contributed by atoms with Crippen LogP contribution in [0, 0.1) is 12.8 Å². The van der Waals surface area contributed by atoms with E-state index in [2.05, 4.69) is 18.2 Å². The van der Waals surface area contributed by atoms with E-state index < -0.39 is 5.56 Å². The second-order valence-electron chi connectivity index (χ2n) is 8.09. The van der Waals surface area contributed by atoms with Gasteiger partial charge in [0.2, 0.25) is 0 Å². The predicted octanol–water partition coefficient (Wildman–Crippen LogP) is 5.33. The van der Waals surface area contributed by atoms with E-state index in [1.165, 1.54) is 6.07 Å². The molecule has 2 aromatic carbocycles. The van der Waals surface area contributed by atoms with Crippen LogP contribution >= 0.6 is 11.9 Å². The average Bonchev–Trinajstić information content (AvgIpc) is 2.81. The summed E-state index contributed by atoms with van der Waals surface area (Å²) >= 11 is 1.03. The molecule has 0 atom stereocenters. The fraction of sp³-hybridized carbons (Fsp3) is 0.280. The van der Waals surface area contributed by atoms with Gasteiger partial charge in [0, 0.05) is 29.8 Å². The largest absolute Gasteiger partial charge is 0.506 e. The van der Waals surface area contributed by atoms with Gasteiger partial charge in [-0.1, -0.05) is 63.1 Å². The van der Waals surface area contributed by atoms with Gasteiger partial charge in [-0.15, -0.1) is 0 Å². The van der Waals surface area contributed by atoms with Crippen LogP contribution < -0.4 is 10.6 Å². The number of rotatable bonds is 6. The minimum atomic E-state index is -0.436. The van der Waals surface area contributed by atoms with Crippen LogP contribution in [0.2, 0.25) is 0 Å². The zero-order valence-electron chi connectivity index (χ0n) is 18.8. The highest BCUT2D eigenvalue weighted by Crippen LogP contribution is 2.43. The normalized spacial score (nSPS) is 13.2. The Morgan fingerprint density at radius 1 is 1.00 bits per heavy atom. The van der Waals surface area contributed by atoms with Crippen molar-refractivity contribution in [3.8, 4) is 22.6 Å². The maximum Gasteiger partial charge on any atom is 0.265 e. The van der Waals surface area contributed by atoms with Crippen molar-refractivity contribution in [1.29, 1.82) is 0 Å². The van der Waals surface area contributed by atoms with Crippen LogP contribution in [0.25, 0.3) is 11.1 Å². The first-order valence-electron chi connectivity index (χ1n) is 11.0. The maximum absolute atomic E-state index is 13.7. The Morgan fingerprint density at radius 3 is 2.36 bits per heavy atom. The summed E-state index contributed by atoms with van der Waals surface area (Å²) in [4.78, 5) is 14.3. The third-order valence-corrected chi connectivity index (χ3v) is 6.99. The van der Waals surface area contributed by atoms with Crippen molar-refractivity contribution in [2.75, 3.05) is 5.06 Å². The van der Waals surface area contributed by atoms with Gasteiger partial charge in [-0.05, 0) is 30.5 Å². The lowest BCUT2D eigenvalue weighted by Gasteiger charge is -2.27. The van der Waals surface area contributed by atoms with Crippen molar-refractivity contribution in [3.63, 3.8) is 0 Å². The number of hydrogen-bond acceptors (Lipinski definition) is 7. The van der Waals surface area contributed by atoms with E-state index in [9.17, 15) is 20.2 Å². The third-order valence-electron chi connectivity index (χ3n) is 6.20. The van der Waals surface area contributed by atoms with Crippen LogP contribution in [0.1, 0.15) is 37.9 Å². The van der Waals surface area contributed by atoms with Crippen molar-refractivity contribution in [1.82, 2.24) is 4.57 Å². The number of benzene rings is 2. The van der Waals surface area contributed by atoms with Gasteiger partial charge in [-0.25, -0.2) is 0 Å². The van der Waals surface area contributed by atoms with Crippen molar-refractivity contribution in [2.24, 2.45) is 10.3 Å². The Kier molecular flexibility index (Phi) is 6.49. The van der Waals surface area contributed by atoms with Crippen LogP contribution in [0.5, 0.6) is 11.5 Å². The number of para-hydroxylation sites is 1. The molecule has 0 fully saturated rings. The summed E-state index contributed by atoms with van der Waals surface area (Å²) in [5, 5.41) is 33.3. The lowest BCUT2D eigenvalue weighted by Crippen LogP contribution is -2.38. The highest BCUT2D eigenvalue weighted by atomic mass is 32.2. The number of anilines is 1. The molecule has 33 heavy (non-hydrogen) atoms. The van der Waals surface area contributed by atoms with E-state index >= 15 is 0 Å². The molecule has 3 aromatic rings. The molecule has 1 aliphatic rings. The van der Waals surface area contributed by atoms with Gasteiger partial charge < -0.3 is 14.8 Å². The highest BCUT2D eigenvalue weighted by Gasteiger charge is 2.32. The minimum absolute atomic E-state index is 0.102. The van der Waals surface area contributed by atoms with Crippen molar-refractivity contribution < 1.29 is 15.4 Å². The van der Waals surface area contributed by atoms with Gasteiger partial charge in [0.25, 0.3) is 5.56 Å². The molecule has 0 spiro atoms. The number of phenols is 1. The fourth-order valence-electron chi connectivity index (χ4n) is 4.18. The molecule has 4 rings (SSSR count). The quantitative estimate of drug-likeness (QED) is 0.426. The Balaban J connectivity index is 1.98. The van der Waals surface area contributed by atoms with Crippen LogP contribution in [0.4, 0.5) is 5.69 Å². The number of aromatic nitrogens is 1. The van der Waals surface area contributed by atoms with E-state index in [0.717, 1.165) is 30.4 Å². The first-order valence-corrected chi connectivity index (χ1v) is 11.7. The molecule has 3 N–H and O–H groups in total. The highest BCUT2D eigenvalue weighted by molar-refractivity contribution is 7.98. The number of fused-ring (bicyclic) bond motifs is 1. The topological polar surface area (TPSA) is 98.3 Å². The molecule has 0 bridgehead atoms. The van der Waals surface area contributed by atoms with Gasteiger partial charge in [-0.3, -0.25) is 10.0 Å². The minimum Gasteiger partial charge on any atom is -0.506 e. The number of aromatic hydroxyl groups is 2. The molecule has 0 amide bonds. The monoisotopic (exact) mass is 465 g/mol. The van der Waals surface area contributed by atoms with E-state index in [4.69, 9.17) is 0 Å². The summed E-state index contributed by atoms with van der Waals surface area (Å²) < 4.78 is 6.00. The molecule has 2 heterocycles. The smallest absolute Gasteiger partial charge is 0.265 e. The zero-order chi connectivity index (χ0) is 23.7.